The minimum atomic E-state index is -3.75. The Hall–Kier alpha value is -3.85. The fourth-order valence-electron chi connectivity index (χ4n) is 2.79. The van der Waals surface area contributed by atoms with E-state index in [9.17, 15) is 18.0 Å². The van der Waals surface area contributed by atoms with Gasteiger partial charge in [0.2, 0.25) is 0 Å². The summed E-state index contributed by atoms with van der Waals surface area (Å²) in [6.07, 6.45) is 0. The van der Waals surface area contributed by atoms with Gasteiger partial charge >= 0.3 is 5.97 Å². The molecule has 0 atom stereocenters. The predicted molar refractivity (Wildman–Crippen MR) is 120 cm³/mol. The van der Waals surface area contributed by atoms with E-state index in [-0.39, 0.29) is 11.5 Å². The molecular formula is C23H22N2O6S. The summed E-state index contributed by atoms with van der Waals surface area (Å²) in [6, 6.07) is 19.0. The minimum absolute atomic E-state index is 0.0708. The number of amides is 1. The van der Waals surface area contributed by atoms with Crippen molar-refractivity contribution in [1.82, 2.24) is 0 Å². The number of ether oxygens (including phenoxy) is 2. The molecule has 8 nitrogen and oxygen atoms in total. The van der Waals surface area contributed by atoms with Gasteiger partial charge in [-0.05, 0) is 73.2 Å². The number of benzene rings is 3. The van der Waals surface area contributed by atoms with Crippen molar-refractivity contribution in [3.8, 4) is 5.75 Å². The van der Waals surface area contributed by atoms with E-state index in [1.807, 2.05) is 13.0 Å². The number of nitrogens with one attached hydrogen (secondary N) is 2. The molecule has 0 aliphatic heterocycles. The maximum atomic E-state index is 12.5. The number of hydrogen-bond acceptors (Lipinski definition) is 6. The van der Waals surface area contributed by atoms with E-state index in [1.54, 1.807) is 30.3 Å². The normalized spacial score (nSPS) is 10.8. The first-order chi connectivity index (χ1) is 15.3. The van der Waals surface area contributed by atoms with Gasteiger partial charge in [-0.1, -0.05) is 12.1 Å². The van der Waals surface area contributed by atoms with E-state index in [2.05, 4.69) is 14.8 Å². The van der Waals surface area contributed by atoms with Gasteiger partial charge in [-0.25, -0.2) is 13.2 Å². The number of hydrogen-bond donors (Lipinski definition) is 2. The number of carbonyl (C=O) groups is 2. The average Bonchev–Trinajstić information content (AvgIpc) is 2.77. The van der Waals surface area contributed by atoms with Crippen LogP contribution in [0.15, 0.2) is 77.7 Å². The Labute approximate surface area is 186 Å². The Morgan fingerprint density at radius 3 is 2.22 bits per heavy atom. The molecule has 3 aromatic rings. The number of rotatable bonds is 8. The second kappa shape index (κ2) is 9.97. The summed E-state index contributed by atoms with van der Waals surface area (Å²) in [4.78, 5) is 23.6. The van der Waals surface area contributed by atoms with Crippen LogP contribution in [0.3, 0.4) is 0 Å². The van der Waals surface area contributed by atoms with Gasteiger partial charge in [0.05, 0.1) is 17.6 Å². The molecule has 0 spiro atoms. The van der Waals surface area contributed by atoms with Crippen LogP contribution in [-0.2, 0) is 19.6 Å². The van der Waals surface area contributed by atoms with Crippen LogP contribution in [0.4, 0.5) is 11.4 Å². The lowest BCUT2D eigenvalue weighted by Crippen LogP contribution is -2.20. The average molecular weight is 455 g/mol. The molecule has 0 aliphatic rings. The Kier molecular flexibility index (Phi) is 7.11. The molecule has 0 saturated heterocycles. The van der Waals surface area contributed by atoms with Gasteiger partial charge in [0.25, 0.3) is 15.9 Å². The summed E-state index contributed by atoms with van der Waals surface area (Å²) in [5.41, 5.74) is 2.27. The van der Waals surface area contributed by atoms with Crippen molar-refractivity contribution in [2.75, 3.05) is 23.8 Å². The molecule has 3 aromatic carbocycles. The molecule has 0 aliphatic carbocycles. The van der Waals surface area contributed by atoms with Gasteiger partial charge in [0, 0.05) is 11.4 Å². The Balaban J connectivity index is 1.55. The second-order valence-corrected chi connectivity index (χ2v) is 8.53. The third kappa shape index (κ3) is 6.08. The molecule has 1 amide bonds. The smallest absolute Gasteiger partial charge is 0.337 e. The lowest BCUT2D eigenvalue weighted by Gasteiger charge is -2.10. The largest absolute Gasteiger partial charge is 0.484 e. The van der Waals surface area contributed by atoms with E-state index in [0.717, 1.165) is 5.56 Å². The molecule has 0 heterocycles. The zero-order valence-corrected chi connectivity index (χ0v) is 18.3. The highest BCUT2D eigenvalue weighted by molar-refractivity contribution is 7.92. The van der Waals surface area contributed by atoms with E-state index in [0.29, 0.717) is 22.7 Å². The predicted octanol–water partition coefficient (Wildman–Crippen LogP) is 3.60. The number of anilines is 2. The molecule has 0 bridgehead atoms. The van der Waals surface area contributed by atoms with Crippen LogP contribution in [0.1, 0.15) is 15.9 Å². The summed E-state index contributed by atoms with van der Waals surface area (Å²) in [5.74, 6) is -0.532. The molecule has 2 N–H and O–H groups in total. The molecule has 0 fully saturated rings. The zero-order chi connectivity index (χ0) is 23.1. The lowest BCUT2D eigenvalue weighted by atomic mass is 10.2. The van der Waals surface area contributed by atoms with Gasteiger partial charge in [0.15, 0.2) is 6.61 Å². The highest BCUT2D eigenvalue weighted by Gasteiger charge is 2.14. The maximum absolute atomic E-state index is 12.5. The van der Waals surface area contributed by atoms with Crippen molar-refractivity contribution in [2.24, 2.45) is 0 Å². The molecule has 0 aromatic heterocycles. The van der Waals surface area contributed by atoms with E-state index in [4.69, 9.17) is 4.74 Å². The first-order valence-corrected chi connectivity index (χ1v) is 11.1. The number of methoxy groups -OCH3 is 1. The van der Waals surface area contributed by atoms with Gasteiger partial charge in [0.1, 0.15) is 5.75 Å². The van der Waals surface area contributed by atoms with Crippen LogP contribution in [-0.4, -0.2) is 34.0 Å². The van der Waals surface area contributed by atoms with Crippen LogP contribution in [0.25, 0.3) is 0 Å². The third-order valence-electron chi connectivity index (χ3n) is 4.36. The first-order valence-electron chi connectivity index (χ1n) is 9.57. The Morgan fingerprint density at radius 2 is 1.59 bits per heavy atom. The number of aryl methyl sites for hydroxylation is 1. The van der Waals surface area contributed by atoms with E-state index < -0.39 is 21.9 Å². The molecular weight excluding hydrogens is 432 g/mol. The van der Waals surface area contributed by atoms with E-state index >= 15 is 0 Å². The maximum Gasteiger partial charge on any atom is 0.337 e. The summed E-state index contributed by atoms with van der Waals surface area (Å²) >= 11 is 0. The lowest BCUT2D eigenvalue weighted by molar-refractivity contribution is -0.118. The SMILES string of the molecule is COC(=O)c1ccc(NC(=O)COc2ccc(S(=O)(=O)Nc3cccc(C)c3)cc2)cc1. The van der Waals surface area contributed by atoms with Crippen molar-refractivity contribution < 1.29 is 27.5 Å². The van der Waals surface area contributed by atoms with E-state index in [1.165, 1.54) is 43.5 Å². The van der Waals surface area contributed by atoms with Gasteiger partial charge < -0.3 is 14.8 Å². The molecule has 3 rings (SSSR count). The summed E-state index contributed by atoms with van der Waals surface area (Å²) in [5, 5.41) is 2.64. The summed E-state index contributed by atoms with van der Waals surface area (Å²) < 4.78 is 37.6. The van der Waals surface area contributed by atoms with Crippen molar-refractivity contribution >= 4 is 33.3 Å². The highest BCUT2D eigenvalue weighted by Crippen LogP contribution is 2.20. The second-order valence-electron chi connectivity index (χ2n) is 6.85. The molecule has 32 heavy (non-hydrogen) atoms. The zero-order valence-electron chi connectivity index (χ0n) is 17.5. The highest BCUT2D eigenvalue weighted by atomic mass is 32.2. The third-order valence-corrected chi connectivity index (χ3v) is 5.76. The molecule has 9 heteroatoms. The number of sulfonamides is 1. The minimum Gasteiger partial charge on any atom is -0.484 e. The molecule has 0 unspecified atom stereocenters. The quantitative estimate of drug-likeness (QED) is 0.503. The Bertz CT molecular complexity index is 1210. The van der Waals surface area contributed by atoms with Crippen LogP contribution < -0.4 is 14.8 Å². The van der Waals surface area contributed by atoms with Gasteiger partial charge in [-0.2, -0.15) is 0 Å². The van der Waals surface area contributed by atoms with Crippen LogP contribution in [0, 0.1) is 6.92 Å². The summed E-state index contributed by atoms with van der Waals surface area (Å²) in [7, 11) is -2.46. The van der Waals surface area contributed by atoms with Crippen LogP contribution >= 0.6 is 0 Å². The monoisotopic (exact) mass is 454 g/mol. The van der Waals surface area contributed by atoms with Crippen LogP contribution in [0.2, 0.25) is 0 Å². The first kappa shape index (κ1) is 22.8. The van der Waals surface area contributed by atoms with Crippen LogP contribution in [0.5, 0.6) is 5.75 Å². The topological polar surface area (TPSA) is 111 Å². The number of carbonyl (C=O) groups excluding carboxylic acids is 2. The Morgan fingerprint density at radius 1 is 0.906 bits per heavy atom. The molecule has 0 saturated carbocycles. The standard InChI is InChI=1S/C23H22N2O6S/c1-16-4-3-5-19(14-16)25-32(28,29)21-12-10-20(11-13-21)31-15-22(26)24-18-8-6-17(7-9-18)23(27)30-2/h3-14,25H,15H2,1-2H3,(H,24,26). The van der Waals surface area contributed by atoms with Gasteiger partial charge in [-0.3, -0.25) is 9.52 Å². The molecule has 166 valence electrons. The van der Waals surface area contributed by atoms with Gasteiger partial charge in [-0.15, -0.1) is 0 Å². The summed E-state index contributed by atoms with van der Waals surface area (Å²) in [6.45, 7) is 1.60. The fraction of sp³-hybridized carbons (Fsp3) is 0.130. The fourth-order valence-corrected chi connectivity index (χ4v) is 3.84. The van der Waals surface area contributed by atoms with Crippen molar-refractivity contribution in [1.29, 1.82) is 0 Å². The van der Waals surface area contributed by atoms with Crippen molar-refractivity contribution in [2.45, 2.75) is 11.8 Å². The van der Waals surface area contributed by atoms with Crippen molar-refractivity contribution in [3.05, 3.63) is 83.9 Å². The molecule has 0 radical (unpaired) electrons. The number of esters is 1. The van der Waals surface area contributed by atoms with Crippen molar-refractivity contribution in [3.63, 3.8) is 0 Å².